The van der Waals surface area contributed by atoms with E-state index in [0.717, 1.165) is 7.11 Å². The maximum absolute atomic E-state index is 13.4. The predicted molar refractivity (Wildman–Crippen MR) is 50.2 cm³/mol. The number of nitrogens with zero attached hydrogens (tertiary/aromatic N) is 1. The summed E-state index contributed by atoms with van der Waals surface area (Å²) >= 11 is 3.00. The fraction of sp³-hybridized carbons (Fsp3) is 0.111. The molecular weight excluding hydrogens is 253 g/mol. The Labute approximate surface area is 88.2 Å². The Hall–Kier alpha value is -1.41. The van der Waals surface area contributed by atoms with Crippen LogP contribution in [-0.2, 0) is 4.74 Å². The van der Waals surface area contributed by atoms with Crippen LogP contribution in [0, 0.1) is 17.1 Å². The van der Waals surface area contributed by atoms with Crippen LogP contribution in [-0.4, -0.2) is 13.1 Å². The molecule has 1 rings (SSSR count). The first-order valence-electron chi connectivity index (χ1n) is 3.58. The normalized spacial score (nSPS) is 9.29. The monoisotopic (exact) mass is 257 g/mol. The molecule has 0 fully saturated rings. The molecule has 0 saturated carbocycles. The molecule has 1 aromatic carbocycles. The van der Waals surface area contributed by atoms with Crippen LogP contribution in [0.2, 0.25) is 0 Å². The summed E-state index contributed by atoms with van der Waals surface area (Å²) < 4.78 is 18.1. The second kappa shape index (κ2) is 4.20. The Balaban J connectivity index is 3.42. The molecule has 0 aliphatic carbocycles. The fourth-order valence-electron chi connectivity index (χ4n) is 0.928. The Morgan fingerprint density at radius 2 is 2.29 bits per heavy atom. The second-order valence-electron chi connectivity index (χ2n) is 2.39. The zero-order valence-electron chi connectivity index (χ0n) is 7.17. The Bertz CT molecular complexity index is 426. The van der Waals surface area contributed by atoms with Crippen molar-refractivity contribution in [3.63, 3.8) is 0 Å². The molecule has 0 unspecified atom stereocenters. The molecule has 0 aliphatic heterocycles. The van der Waals surface area contributed by atoms with Gasteiger partial charge in [0.15, 0.2) is 5.82 Å². The Morgan fingerprint density at radius 1 is 1.64 bits per heavy atom. The highest BCUT2D eigenvalue weighted by Crippen LogP contribution is 2.23. The summed E-state index contributed by atoms with van der Waals surface area (Å²) in [6.07, 6.45) is 0. The summed E-state index contributed by atoms with van der Waals surface area (Å²) in [4.78, 5) is 11.1. The topological polar surface area (TPSA) is 50.1 Å². The number of ether oxygens (including phenoxy) is 1. The number of methoxy groups -OCH3 is 1. The van der Waals surface area contributed by atoms with E-state index in [2.05, 4.69) is 20.7 Å². The first kappa shape index (κ1) is 10.7. The first-order chi connectivity index (χ1) is 6.61. The summed E-state index contributed by atoms with van der Waals surface area (Å²) in [5, 5.41) is 8.53. The molecule has 0 saturated heterocycles. The van der Waals surface area contributed by atoms with Gasteiger partial charge in [0, 0.05) is 4.47 Å². The van der Waals surface area contributed by atoms with Crippen molar-refractivity contribution in [1.82, 2.24) is 0 Å². The summed E-state index contributed by atoms with van der Waals surface area (Å²) in [6, 6.07) is 4.35. The summed E-state index contributed by atoms with van der Waals surface area (Å²) in [5.41, 5.74) is -0.444. The standard InChI is InChI=1S/C9H5BrFNO2/c1-14-9(13)7-6(10)3-2-5(4-12)8(7)11/h2-3H,1H3. The maximum Gasteiger partial charge on any atom is 0.342 e. The first-order valence-corrected chi connectivity index (χ1v) is 4.37. The summed E-state index contributed by atoms with van der Waals surface area (Å²) in [6.45, 7) is 0. The summed E-state index contributed by atoms with van der Waals surface area (Å²) in [5.74, 6) is -1.68. The third kappa shape index (κ3) is 1.75. The van der Waals surface area contributed by atoms with Gasteiger partial charge in [-0.3, -0.25) is 0 Å². The zero-order valence-corrected chi connectivity index (χ0v) is 8.76. The van der Waals surface area contributed by atoms with E-state index in [1.807, 2.05) is 0 Å². The molecule has 0 N–H and O–H groups in total. The minimum Gasteiger partial charge on any atom is -0.465 e. The van der Waals surface area contributed by atoms with Crippen molar-refractivity contribution in [2.24, 2.45) is 0 Å². The third-order valence-corrected chi connectivity index (χ3v) is 2.26. The molecule has 5 heteroatoms. The number of hydrogen-bond donors (Lipinski definition) is 0. The Kier molecular flexibility index (Phi) is 3.20. The largest absolute Gasteiger partial charge is 0.465 e. The van der Waals surface area contributed by atoms with Gasteiger partial charge >= 0.3 is 5.97 Å². The van der Waals surface area contributed by atoms with Gasteiger partial charge in [-0.05, 0) is 28.1 Å². The van der Waals surface area contributed by atoms with Crippen LogP contribution < -0.4 is 0 Å². The minimum atomic E-state index is -0.867. The molecule has 1 aromatic rings. The van der Waals surface area contributed by atoms with E-state index in [-0.39, 0.29) is 15.6 Å². The van der Waals surface area contributed by atoms with E-state index >= 15 is 0 Å². The van der Waals surface area contributed by atoms with Crippen LogP contribution in [0.3, 0.4) is 0 Å². The molecule has 72 valence electrons. The number of carbonyl (C=O) groups excluding carboxylic acids is 1. The van der Waals surface area contributed by atoms with Gasteiger partial charge in [-0.25, -0.2) is 9.18 Å². The van der Waals surface area contributed by atoms with Crippen LogP contribution in [0.25, 0.3) is 0 Å². The molecule has 14 heavy (non-hydrogen) atoms. The number of hydrogen-bond acceptors (Lipinski definition) is 3. The number of nitriles is 1. The zero-order chi connectivity index (χ0) is 10.7. The van der Waals surface area contributed by atoms with E-state index in [9.17, 15) is 9.18 Å². The minimum absolute atomic E-state index is 0.186. The van der Waals surface area contributed by atoms with Crippen molar-refractivity contribution in [2.75, 3.05) is 7.11 Å². The molecule has 0 bridgehead atoms. The number of rotatable bonds is 1. The second-order valence-corrected chi connectivity index (χ2v) is 3.24. The number of halogens is 2. The number of carbonyl (C=O) groups is 1. The van der Waals surface area contributed by atoms with Crippen molar-refractivity contribution in [3.8, 4) is 6.07 Å². The van der Waals surface area contributed by atoms with E-state index < -0.39 is 11.8 Å². The van der Waals surface area contributed by atoms with Gasteiger partial charge in [0.25, 0.3) is 0 Å². The van der Waals surface area contributed by atoms with Gasteiger partial charge in [0.05, 0.1) is 12.7 Å². The third-order valence-electron chi connectivity index (χ3n) is 1.60. The lowest BCUT2D eigenvalue weighted by molar-refractivity contribution is 0.0594. The van der Waals surface area contributed by atoms with Gasteiger partial charge in [-0.1, -0.05) is 0 Å². The highest BCUT2D eigenvalue weighted by molar-refractivity contribution is 9.10. The van der Waals surface area contributed by atoms with Gasteiger partial charge in [-0.2, -0.15) is 5.26 Å². The predicted octanol–water partition coefficient (Wildman–Crippen LogP) is 2.25. The van der Waals surface area contributed by atoms with E-state index in [1.54, 1.807) is 6.07 Å². The van der Waals surface area contributed by atoms with Crippen LogP contribution in [0.4, 0.5) is 4.39 Å². The van der Waals surface area contributed by atoms with Crippen molar-refractivity contribution in [3.05, 3.63) is 33.5 Å². The highest BCUT2D eigenvalue weighted by atomic mass is 79.9. The van der Waals surface area contributed by atoms with E-state index in [4.69, 9.17) is 5.26 Å². The summed E-state index contributed by atoms with van der Waals surface area (Å²) in [7, 11) is 1.15. The molecule has 3 nitrogen and oxygen atoms in total. The lowest BCUT2D eigenvalue weighted by Crippen LogP contribution is -2.07. The number of esters is 1. The highest BCUT2D eigenvalue weighted by Gasteiger charge is 2.19. The van der Waals surface area contributed by atoms with Crippen LogP contribution in [0.5, 0.6) is 0 Å². The van der Waals surface area contributed by atoms with Crippen LogP contribution >= 0.6 is 15.9 Å². The van der Waals surface area contributed by atoms with Crippen molar-refractivity contribution < 1.29 is 13.9 Å². The molecule has 0 heterocycles. The average Bonchev–Trinajstić information content (AvgIpc) is 2.18. The van der Waals surface area contributed by atoms with Gasteiger partial charge < -0.3 is 4.74 Å². The quantitative estimate of drug-likeness (QED) is 0.726. The van der Waals surface area contributed by atoms with Gasteiger partial charge in [0.1, 0.15) is 11.6 Å². The van der Waals surface area contributed by atoms with Gasteiger partial charge in [0.2, 0.25) is 0 Å². The van der Waals surface area contributed by atoms with Crippen molar-refractivity contribution in [2.45, 2.75) is 0 Å². The Morgan fingerprint density at radius 3 is 2.79 bits per heavy atom. The lowest BCUT2D eigenvalue weighted by atomic mass is 10.1. The van der Waals surface area contributed by atoms with E-state index in [1.165, 1.54) is 12.1 Å². The number of benzene rings is 1. The smallest absolute Gasteiger partial charge is 0.342 e. The fourth-order valence-corrected chi connectivity index (χ4v) is 1.40. The average molecular weight is 258 g/mol. The van der Waals surface area contributed by atoms with Crippen LogP contribution in [0.1, 0.15) is 15.9 Å². The van der Waals surface area contributed by atoms with Crippen molar-refractivity contribution in [1.29, 1.82) is 5.26 Å². The molecular formula is C9H5BrFNO2. The molecule has 0 radical (unpaired) electrons. The van der Waals surface area contributed by atoms with Crippen molar-refractivity contribution >= 4 is 21.9 Å². The molecule has 0 spiro atoms. The molecule has 0 amide bonds. The molecule has 0 aliphatic rings. The maximum atomic E-state index is 13.4. The van der Waals surface area contributed by atoms with Gasteiger partial charge in [-0.15, -0.1) is 0 Å². The SMILES string of the molecule is COC(=O)c1c(Br)ccc(C#N)c1F. The molecule has 0 atom stereocenters. The molecule has 0 aromatic heterocycles. The van der Waals surface area contributed by atoms with Crippen LogP contribution in [0.15, 0.2) is 16.6 Å². The lowest BCUT2D eigenvalue weighted by Gasteiger charge is -2.04. The van der Waals surface area contributed by atoms with E-state index in [0.29, 0.717) is 0 Å².